The van der Waals surface area contributed by atoms with Gasteiger partial charge in [-0.1, -0.05) is 29.8 Å². The number of aromatic nitrogens is 1. The van der Waals surface area contributed by atoms with Gasteiger partial charge in [0.2, 0.25) is 16.6 Å². The molecule has 1 saturated heterocycles. The molecule has 2 aromatic heterocycles. The number of nitrogens with one attached hydrogen (secondary N) is 2. The number of nitrogens with zero attached hydrogens (tertiary/aromatic N) is 2. The molecule has 1 saturated carbocycles. The third-order valence-electron chi connectivity index (χ3n) is 8.27. The van der Waals surface area contributed by atoms with Gasteiger partial charge < -0.3 is 24.5 Å². The summed E-state index contributed by atoms with van der Waals surface area (Å²) in [5.41, 5.74) is 3.44. The monoisotopic (exact) mass is 612 g/mol. The number of benzene rings is 1. The van der Waals surface area contributed by atoms with Gasteiger partial charge in [-0.3, -0.25) is 4.79 Å². The molecule has 11 nitrogen and oxygen atoms in total. The normalized spacial score (nSPS) is 16.5. The lowest BCUT2D eigenvalue weighted by Gasteiger charge is -2.37. The molecular weight excluding hydrogens is 572 g/mol. The van der Waals surface area contributed by atoms with Crippen LogP contribution in [0.1, 0.15) is 78.5 Å². The Morgan fingerprint density at radius 3 is 2.53 bits per heavy atom. The van der Waals surface area contributed by atoms with E-state index >= 15 is 0 Å². The van der Waals surface area contributed by atoms with Crippen molar-refractivity contribution >= 4 is 34.1 Å². The first kappa shape index (κ1) is 31.0. The minimum absolute atomic E-state index is 0.0869. The summed E-state index contributed by atoms with van der Waals surface area (Å²) >= 11 is 0. The molecule has 0 atom stereocenters. The van der Waals surface area contributed by atoms with Gasteiger partial charge in [0.1, 0.15) is 11.4 Å². The predicted molar refractivity (Wildman–Crippen MR) is 162 cm³/mol. The molecule has 0 bridgehead atoms. The van der Waals surface area contributed by atoms with Gasteiger partial charge in [0.05, 0.1) is 29.8 Å². The first-order valence-corrected chi connectivity index (χ1v) is 16.1. The van der Waals surface area contributed by atoms with Crippen LogP contribution in [0, 0.1) is 6.92 Å². The number of aryl methyl sites for hydroxylation is 1. The smallest absolute Gasteiger partial charge is 0.437 e. The number of hydrogen-bond donors (Lipinski definition) is 3. The van der Waals surface area contributed by atoms with Crippen molar-refractivity contribution in [2.45, 2.75) is 70.4 Å². The van der Waals surface area contributed by atoms with Gasteiger partial charge in [0.15, 0.2) is 0 Å². The van der Waals surface area contributed by atoms with Crippen molar-refractivity contribution in [3.05, 3.63) is 52.7 Å². The zero-order chi connectivity index (χ0) is 30.6. The van der Waals surface area contributed by atoms with Crippen LogP contribution in [0.4, 0.5) is 4.79 Å². The minimum atomic E-state index is -2.91. The fourth-order valence-electron chi connectivity index (χ4n) is 5.79. The van der Waals surface area contributed by atoms with Crippen molar-refractivity contribution in [2.24, 2.45) is 0 Å². The number of amides is 1. The van der Waals surface area contributed by atoms with Crippen molar-refractivity contribution in [3.63, 3.8) is 0 Å². The van der Waals surface area contributed by atoms with E-state index in [1.54, 1.807) is 14.0 Å². The van der Waals surface area contributed by atoms with Crippen LogP contribution in [-0.2, 0) is 26.9 Å². The van der Waals surface area contributed by atoms with Gasteiger partial charge in [-0.15, -0.1) is 0 Å². The van der Waals surface area contributed by atoms with Crippen LogP contribution >= 0.6 is 0 Å². The van der Waals surface area contributed by atoms with E-state index in [4.69, 9.17) is 18.9 Å². The summed E-state index contributed by atoms with van der Waals surface area (Å²) in [6, 6.07) is 9.69. The molecule has 1 aliphatic heterocycles. The molecule has 3 aromatic rings. The highest BCUT2D eigenvalue weighted by atomic mass is 32.2. The summed E-state index contributed by atoms with van der Waals surface area (Å²) in [7, 11) is -1.33. The summed E-state index contributed by atoms with van der Waals surface area (Å²) in [6.07, 6.45) is 3.55. The maximum atomic E-state index is 13.0. The lowest BCUT2D eigenvalue weighted by Crippen LogP contribution is -2.45. The Balaban J connectivity index is 1.41. The van der Waals surface area contributed by atoms with Crippen LogP contribution in [0.25, 0.3) is 22.4 Å². The first-order valence-electron chi connectivity index (χ1n) is 14.9. The fraction of sp³-hybridized carbons (Fsp3) is 0.516. The maximum Gasteiger partial charge on any atom is 0.508 e. The zero-order valence-corrected chi connectivity index (χ0v) is 25.8. The Morgan fingerprint density at radius 2 is 1.91 bits per heavy atom. The van der Waals surface area contributed by atoms with Gasteiger partial charge in [-0.25, -0.2) is 18.2 Å². The van der Waals surface area contributed by atoms with Crippen LogP contribution < -0.4 is 10.6 Å². The predicted octanol–water partition coefficient (Wildman–Crippen LogP) is 4.44. The molecule has 0 unspecified atom stereocenters. The van der Waals surface area contributed by atoms with Crippen LogP contribution in [0.3, 0.4) is 0 Å². The number of carbonyl (C=O) groups is 2. The molecule has 2 fully saturated rings. The number of ether oxygens (including phenoxy) is 2. The highest BCUT2D eigenvalue weighted by molar-refractivity contribution is 7.69. The van der Waals surface area contributed by atoms with Gasteiger partial charge in [-0.05, 0) is 83.0 Å². The fourth-order valence-corrected chi connectivity index (χ4v) is 6.35. The standard InChI is InChI=1S/C31H40N4O7S/c1-4-40-30(37)42-31(13-15-33-16-14-31)12-5-17-35(43(38)39)19-25-23(21-10-11-21)18-24-26(28(36)32-3)27(41-29(24)34-25)22-8-6-20(2)7-9-22/h6-9,18,21,33,43H,4-5,10-17,19H2,1-3H3,(H,32,36). The van der Waals surface area contributed by atoms with Gasteiger partial charge >= 0.3 is 6.16 Å². The van der Waals surface area contributed by atoms with Crippen LogP contribution in [-0.4, -0.2) is 68.7 Å². The molecule has 2 aliphatic rings. The molecule has 0 spiro atoms. The van der Waals surface area contributed by atoms with E-state index in [9.17, 15) is 18.0 Å². The molecule has 12 heteroatoms. The van der Waals surface area contributed by atoms with Gasteiger partial charge in [-0.2, -0.15) is 4.31 Å². The van der Waals surface area contributed by atoms with E-state index in [2.05, 4.69) is 10.6 Å². The molecule has 1 aliphatic carbocycles. The highest BCUT2D eigenvalue weighted by Crippen LogP contribution is 2.44. The van der Waals surface area contributed by atoms with Gasteiger partial charge in [0, 0.05) is 19.2 Å². The second-order valence-corrected chi connectivity index (χ2v) is 12.4. The van der Waals surface area contributed by atoms with E-state index in [0.29, 0.717) is 66.9 Å². The molecule has 232 valence electrons. The average molecular weight is 613 g/mol. The minimum Gasteiger partial charge on any atom is -0.437 e. The number of fused-ring (bicyclic) bond motifs is 1. The summed E-state index contributed by atoms with van der Waals surface area (Å²) in [6.45, 7) is 5.70. The van der Waals surface area contributed by atoms with Crippen molar-refractivity contribution in [2.75, 3.05) is 33.3 Å². The molecule has 1 aromatic carbocycles. The second kappa shape index (κ2) is 13.4. The average Bonchev–Trinajstić information content (AvgIpc) is 3.77. The number of furan rings is 1. The van der Waals surface area contributed by atoms with Crippen molar-refractivity contribution in [1.82, 2.24) is 19.9 Å². The number of carbonyl (C=O) groups excluding carboxylic acids is 2. The topological polar surface area (TPSA) is 140 Å². The number of rotatable bonds is 12. The van der Waals surface area contributed by atoms with E-state index in [0.717, 1.165) is 29.5 Å². The van der Waals surface area contributed by atoms with Crippen LogP contribution in [0.2, 0.25) is 0 Å². The second-order valence-electron chi connectivity index (χ2n) is 11.4. The van der Waals surface area contributed by atoms with Crippen LogP contribution in [0.5, 0.6) is 0 Å². The first-order chi connectivity index (χ1) is 20.7. The largest absolute Gasteiger partial charge is 0.508 e. The lowest BCUT2D eigenvalue weighted by molar-refractivity contribution is -0.0559. The summed E-state index contributed by atoms with van der Waals surface area (Å²) < 4.78 is 43.2. The number of piperidine rings is 1. The van der Waals surface area contributed by atoms with E-state index in [1.165, 1.54) is 4.31 Å². The zero-order valence-electron chi connectivity index (χ0n) is 24.9. The quantitative estimate of drug-likeness (QED) is 0.200. The molecule has 43 heavy (non-hydrogen) atoms. The third kappa shape index (κ3) is 7.19. The van der Waals surface area contributed by atoms with Gasteiger partial charge in [0.25, 0.3) is 5.91 Å². The summed E-state index contributed by atoms with van der Waals surface area (Å²) in [5.74, 6) is 0.415. The Bertz CT molecular complexity index is 1530. The number of thiol groups is 1. The summed E-state index contributed by atoms with van der Waals surface area (Å²) in [4.78, 5) is 30.0. The highest BCUT2D eigenvalue weighted by Gasteiger charge is 2.37. The van der Waals surface area contributed by atoms with Crippen molar-refractivity contribution in [1.29, 1.82) is 0 Å². The van der Waals surface area contributed by atoms with Crippen LogP contribution in [0.15, 0.2) is 34.7 Å². The third-order valence-corrected chi connectivity index (χ3v) is 9.07. The maximum absolute atomic E-state index is 13.0. The summed E-state index contributed by atoms with van der Waals surface area (Å²) in [5, 5.41) is 6.61. The van der Waals surface area contributed by atoms with E-state index in [-0.39, 0.29) is 31.5 Å². The molecule has 2 N–H and O–H groups in total. The molecule has 3 heterocycles. The molecular formula is C31H40N4O7S. The van der Waals surface area contributed by atoms with Crippen molar-refractivity contribution < 1.29 is 31.9 Å². The lowest BCUT2D eigenvalue weighted by atomic mass is 9.87. The van der Waals surface area contributed by atoms with E-state index in [1.807, 2.05) is 37.3 Å². The Kier molecular flexibility index (Phi) is 9.68. The SMILES string of the molecule is CCOC(=O)OC1(CCCN(Cc2nc3oc(-c4ccc(C)cc4)c(C(=O)NC)c3cc2C2CC2)[SH](=O)=O)CCNCC1. The Labute approximate surface area is 253 Å². The number of hydrogen-bond acceptors (Lipinski definition) is 9. The molecule has 5 rings (SSSR count). The molecule has 1 amide bonds. The van der Waals surface area contributed by atoms with Crippen molar-refractivity contribution in [3.8, 4) is 11.3 Å². The molecule has 0 radical (unpaired) electrons. The number of pyridine rings is 1. The van der Waals surface area contributed by atoms with E-state index < -0.39 is 22.6 Å². The Hall–Kier alpha value is -3.48. The Morgan fingerprint density at radius 1 is 1.19 bits per heavy atom.